The predicted octanol–water partition coefficient (Wildman–Crippen LogP) is 3.04. The summed E-state index contributed by atoms with van der Waals surface area (Å²) in [6.45, 7) is 0.167. The molecule has 0 bridgehead atoms. The molecular weight excluding hydrogens is 310 g/mol. The second-order valence-corrected chi connectivity index (χ2v) is 6.16. The van der Waals surface area contributed by atoms with E-state index in [4.69, 9.17) is 5.11 Å². The van der Waals surface area contributed by atoms with Crippen molar-refractivity contribution in [3.05, 3.63) is 59.9 Å². The Morgan fingerprint density at radius 2 is 2.17 bits per heavy atom. The van der Waals surface area contributed by atoms with Gasteiger partial charge in [-0.05, 0) is 41.3 Å². The number of aromatic nitrogens is 2. The van der Waals surface area contributed by atoms with Crippen molar-refractivity contribution in [3.63, 3.8) is 0 Å². The van der Waals surface area contributed by atoms with Gasteiger partial charge in [-0.2, -0.15) is 11.8 Å². The molecule has 0 aliphatic rings. The number of rotatable bonds is 6. The second kappa shape index (κ2) is 7.30. The summed E-state index contributed by atoms with van der Waals surface area (Å²) in [7, 11) is 0. The minimum Gasteiger partial charge on any atom is -0.396 e. The Balaban J connectivity index is 1.70. The fourth-order valence-corrected chi connectivity index (χ4v) is 2.95. The van der Waals surface area contributed by atoms with Crippen molar-refractivity contribution in [2.45, 2.75) is 5.75 Å². The van der Waals surface area contributed by atoms with Crippen molar-refractivity contribution < 1.29 is 9.90 Å². The lowest BCUT2D eigenvalue weighted by molar-refractivity contribution is 0.102. The summed E-state index contributed by atoms with van der Waals surface area (Å²) in [5.74, 6) is 1.82. The lowest BCUT2D eigenvalue weighted by Crippen LogP contribution is -2.13. The van der Waals surface area contributed by atoms with Crippen LogP contribution in [-0.4, -0.2) is 33.3 Å². The van der Waals surface area contributed by atoms with Crippen LogP contribution in [0.1, 0.15) is 15.9 Å². The summed E-state index contributed by atoms with van der Waals surface area (Å²) in [6.07, 6.45) is 3.53. The quantitative estimate of drug-likeness (QED) is 0.608. The first-order valence-electron chi connectivity index (χ1n) is 7.28. The average molecular weight is 327 g/mol. The number of carbonyl (C=O) groups excluding carboxylic acids is 1. The van der Waals surface area contributed by atoms with Crippen LogP contribution in [0.5, 0.6) is 0 Å². The van der Waals surface area contributed by atoms with E-state index in [2.05, 4.69) is 15.3 Å². The van der Waals surface area contributed by atoms with Crippen LogP contribution in [-0.2, 0) is 5.75 Å². The van der Waals surface area contributed by atoms with E-state index < -0.39 is 0 Å². The van der Waals surface area contributed by atoms with E-state index in [9.17, 15) is 4.79 Å². The van der Waals surface area contributed by atoms with Gasteiger partial charge in [-0.25, -0.2) is 4.98 Å². The third kappa shape index (κ3) is 3.91. The highest BCUT2D eigenvalue weighted by Crippen LogP contribution is 2.17. The zero-order valence-corrected chi connectivity index (χ0v) is 13.3. The number of aromatic amines is 1. The monoisotopic (exact) mass is 327 g/mol. The van der Waals surface area contributed by atoms with Crippen molar-refractivity contribution in [3.8, 4) is 0 Å². The van der Waals surface area contributed by atoms with Crippen LogP contribution in [0, 0.1) is 0 Å². The molecule has 3 aromatic rings. The molecule has 0 saturated carbocycles. The maximum atomic E-state index is 12.3. The van der Waals surface area contributed by atoms with E-state index in [0.29, 0.717) is 17.1 Å². The molecule has 3 N–H and O–H groups in total. The third-order valence-corrected chi connectivity index (χ3v) is 4.40. The van der Waals surface area contributed by atoms with Crippen LogP contribution in [0.2, 0.25) is 0 Å². The molecule has 0 spiro atoms. The minimum atomic E-state index is -0.186. The third-order valence-electron chi connectivity index (χ3n) is 3.39. The summed E-state index contributed by atoms with van der Waals surface area (Å²) >= 11 is 1.64. The highest BCUT2D eigenvalue weighted by molar-refractivity contribution is 7.98. The molecule has 23 heavy (non-hydrogen) atoms. The molecule has 1 aromatic carbocycles. The molecule has 118 valence electrons. The molecule has 0 aliphatic carbocycles. The van der Waals surface area contributed by atoms with Crippen LogP contribution in [0.15, 0.2) is 48.8 Å². The number of aliphatic hydroxyl groups excluding tert-OH is 1. The number of aliphatic hydroxyl groups is 1. The van der Waals surface area contributed by atoms with Gasteiger partial charge in [0, 0.05) is 35.0 Å². The number of nitrogens with zero attached hydrogens (tertiary/aromatic N) is 1. The molecule has 6 heteroatoms. The molecule has 5 nitrogen and oxygen atoms in total. The Labute approximate surface area is 138 Å². The number of hydrogen-bond donors (Lipinski definition) is 3. The number of anilines is 1. The van der Waals surface area contributed by atoms with Gasteiger partial charge in [-0.3, -0.25) is 4.79 Å². The van der Waals surface area contributed by atoms with Gasteiger partial charge >= 0.3 is 0 Å². The molecule has 0 aliphatic heterocycles. The lowest BCUT2D eigenvalue weighted by Gasteiger charge is -2.07. The van der Waals surface area contributed by atoms with E-state index in [-0.39, 0.29) is 12.5 Å². The van der Waals surface area contributed by atoms with Crippen LogP contribution >= 0.6 is 11.8 Å². The molecule has 1 amide bonds. The number of nitrogens with one attached hydrogen (secondary N) is 2. The standard InChI is InChI=1S/C17H17N3O2S/c21-7-8-23-11-12-3-5-19-16(9-12)20-17(22)14-2-1-13-4-6-18-15(13)10-14/h1-6,9-10,18,21H,7-8,11H2,(H,19,20,22). The minimum absolute atomic E-state index is 0.167. The summed E-state index contributed by atoms with van der Waals surface area (Å²) < 4.78 is 0. The Bertz CT molecular complexity index is 816. The van der Waals surface area contributed by atoms with Gasteiger partial charge in [-0.15, -0.1) is 0 Å². The van der Waals surface area contributed by atoms with Gasteiger partial charge in [-0.1, -0.05) is 6.07 Å². The highest BCUT2D eigenvalue weighted by Gasteiger charge is 2.08. The van der Waals surface area contributed by atoms with Crippen LogP contribution in [0.4, 0.5) is 5.82 Å². The second-order valence-electron chi connectivity index (χ2n) is 5.06. The van der Waals surface area contributed by atoms with Crippen molar-refractivity contribution in [1.82, 2.24) is 9.97 Å². The number of thioether (sulfide) groups is 1. The molecule has 2 heterocycles. The van der Waals surface area contributed by atoms with Gasteiger partial charge in [0.1, 0.15) is 5.82 Å². The zero-order chi connectivity index (χ0) is 16.1. The molecule has 0 unspecified atom stereocenters. The fourth-order valence-electron chi connectivity index (χ4n) is 2.26. The first-order valence-corrected chi connectivity index (χ1v) is 8.44. The maximum Gasteiger partial charge on any atom is 0.256 e. The number of carbonyl (C=O) groups is 1. The molecular formula is C17H17N3O2S. The van der Waals surface area contributed by atoms with E-state index in [0.717, 1.165) is 22.2 Å². The molecule has 0 saturated heterocycles. The highest BCUT2D eigenvalue weighted by atomic mass is 32.2. The number of H-pyrrole nitrogens is 1. The predicted molar refractivity (Wildman–Crippen MR) is 93.7 cm³/mol. The van der Waals surface area contributed by atoms with Gasteiger partial charge in [0.05, 0.1) is 6.61 Å². The molecule has 2 aromatic heterocycles. The maximum absolute atomic E-state index is 12.3. The molecule has 0 fully saturated rings. The van der Waals surface area contributed by atoms with Gasteiger partial charge < -0.3 is 15.4 Å². The summed E-state index contributed by atoms with van der Waals surface area (Å²) in [6, 6.07) is 11.3. The number of benzene rings is 1. The van der Waals surface area contributed by atoms with Gasteiger partial charge in [0.15, 0.2) is 0 Å². The topological polar surface area (TPSA) is 78.0 Å². The molecule has 0 radical (unpaired) electrons. The largest absolute Gasteiger partial charge is 0.396 e. The Hall–Kier alpha value is -2.31. The number of amides is 1. The zero-order valence-electron chi connectivity index (χ0n) is 12.5. The smallest absolute Gasteiger partial charge is 0.256 e. The first-order chi connectivity index (χ1) is 11.3. The Morgan fingerprint density at radius 3 is 3.04 bits per heavy atom. The van der Waals surface area contributed by atoms with E-state index in [1.165, 1.54) is 0 Å². The van der Waals surface area contributed by atoms with Gasteiger partial charge in [0.2, 0.25) is 0 Å². The van der Waals surface area contributed by atoms with Gasteiger partial charge in [0.25, 0.3) is 5.91 Å². The average Bonchev–Trinajstić information content (AvgIpc) is 3.03. The van der Waals surface area contributed by atoms with Crippen molar-refractivity contribution >= 4 is 34.4 Å². The van der Waals surface area contributed by atoms with Crippen LogP contribution in [0.3, 0.4) is 0 Å². The Morgan fingerprint density at radius 1 is 1.26 bits per heavy atom. The summed E-state index contributed by atoms with van der Waals surface area (Å²) in [5, 5.41) is 12.7. The van der Waals surface area contributed by atoms with E-state index in [1.807, 2.05) is 36.5 Å². The fraction of sp³-hybridized carbons (Fsp3) is 0.176. The summed E-state index contributed by atoms with van der Waals surface area (Å²) in [5.41, 5.74) is 2.58. The molecule has 3 rings (SSSR count). The Kier molecular flexibility index (Phi) is 4.95. The first kappa shape index (κ1) is 15.6. The van der Waals surface area contributed by atoms with Crippen LogP contribution in [0.25, 0.3) is 10.9 Å². The molecule has 0 atom stereocenters. The van der Waals surface area contributed by atoms with Crippen molar-refractivity contribution in [2.75, 3.05) is 17.7 Å². The number of pyridine rings is 1. The normalized spacial score (nSPS) is 10.8. The SMILES string of the molecule is O=C(Nc1cc(CSCCO)ccn1)c1ccc2cc[nH]c2c1. The number of fused-ring (bicyclic) bond motifs is 1. The lowest BCUT2D eigenvalue weighted by atomic mass is 10.1. The number of hydrogen-bond acceptors (Lipinski definition) is 4. The summed E-state index contributed by atoms with van der Waals surface area (Å²) in [4.78, 5) is 19.6. The van der Waals surface area contributed by atoms with Crippen molar-refractivity contribution in [1.29, 1.82) is 0 Å². The van der Waals surface area contributed by atoms with E-state index in [1.54, 1.807) is 24.0 Å². The van der Waals surface area contributed by atoms with E-state index >= 15 is 0 Å². The van der Waals surface area contributed by atoms with Crippen molar-refractivity contribution in [2.24, 2.45) is 0 Å². The van der Waals surface area contributed by atoms with Crippen LogP contribution < -0.4 is 5.32 Å².